The van der Waals surface area contributed by atoms with Crippen molar-refractivity contribution in [3.05, 3.63) is 10.4 Å². The molecular weight excluding hydrogens is 497 g/mol. The fraction of sp³-hybridized carbons (Fsp3) is 0.562. The van der Waals surface area contributed by atoms with Crippen LogP contribution in [-0.4, -0.2) is 92.1 Å². The van der Waals surface area contributed by atoms with Crippen LogP contribution >= 0.6 is 30.7 Å². The average molecular weight is 520 g/mol. The maximum absolute atomic E-state index is 12.4. The van der Waals surface area contributed by atoms with Gasteiger partial charge in [-0.15, -0.1) is 0 Å². The summed E-state index contributed by atoms with van der Waals surface area (Å²) in [5.74, 6) is -0.144. The van der Waals surface area contributed by atoms with E-state index in [1.165, 1.54) is 16.3 Å². The number of carbonyl (C=O) groups excluding carboxylic acids is 1. The molecule has 1 amide bonds. The molecule has 2 aromatic heterocycles. The Morgan fingerprint density at radius 3 is 3.06 bits per heavy atom. The van der Waals surface area contributed by atoms with Gasteiger partial charge in [0.2, 0.25) is 19.4 Å². The Morgan fingerprint density at radius 2 is 2.30 bits per heavy atom. The van der Waals surface area contributed by atoms with Gasteiger partial charge in [-0.1, -0.05) is 11.8 Å². The summed E-state index contributed by atoms with van der Waals surface area (Å²) in [5, 5.41) is 23.2. The quantitative estimate of drug-likeness (QED) is 0.0909. The number of aromatic nitrogens is 4. The standard InChI is InChI=1S/C16H22N7O7PS2/c1-18-4-8(25)19-2-3-32-16-20-9-12(21-15(17)22-13(9)27)23(16)14-10(26)11-7(29-14)5-28-31(30-11)33-6-24/h7,10-11,14,24,26H,1-6H2,(H,19,25)(H3,17,21,22,27)/t7?,10?,11-,14-,31?/m1/s1. The molecule has 0 aliphatic carbocycles. The van der Waals surface area contributed by atoms with Crippen molar-refractivity contribution in [2.75, 3.05) is 37.1 Å². The van der Waals surface area contributed by atoms with Crippen LogP contribution in [0.15, 0.2) is 14.9 Å². The van der Waals surface area contributed by atoms with Gasteiger partial charge in [-0.3, -0.25) is 24.1 Å². The Kier molecular flexibility index (Phi) is 7.86. The van der Waals surface area contributed by atoms with Crippen molar-refractivity contribution in [3.63, 3.8) is 0 Å². The van der Waals surface area contributed by atoms with Gasteiger partial charge < -0.3 is 35.0 Å². The third-order valence-electron chi connectivity index (χ3n) is 4.73. The van der Waals surface area contributed by atoms with Gasteiger partial charge in [0, 0.05) is 12.3 Å². The van der Waals surface area contributed by atoms with Crippen LogP contribution < -0.4 is 16.6 Å². The number of nitrogens with two attached hydrogens (primary N) is 1. The van der Waals surface area contributed by atoms with E-state index in [0.717, 1.165) is 11.4 Å². The molecule has 2 aromatic rings. The summed E-state index contributed by atoms with van der Waals surface area (Å²) in [6.07, 6.45) is -3.36. The second kappa shape index (κ2) is 10.7. The van der Waals surface area contributed by atoms with Gasteiger partial charge in [0.25, 0.3) is 5.56 Å². The van der Waals surface area contributed by atoms with E-state index in [-0.39, 0.29) is 42.1 Å². The largest absolute Gasteiger partial charge is 0.386 e. The summed E-state index contributed by atoms with van der Waals surface area (Å²) in [6.45, 7) is 3.73. The van der Waals surface area contributed by atoms with Crippen LogP contribution in [0.25, 0.3) is 11.2 Å². The highest BCUT2D eigenvalue weighted by Gasteiger charge is 2.50. The van der Waals surface area contributed by atoms with Gasteiger partial charge in [-0.2, -0.15) is 4.98 Å². The van der Waals surface area contributed by atoms with Crippen molar-refractivity contribution >= 4 is 60.5 Å². The molecule has 0 bridgehead atoms. The number of rotatable bonds is 9. The Balaban J connectivity index is 1.60. The van der Waals surface area contributed by atoms with Gasteiger partial charge >= 0.3 is 0 Å². The van der Waals surface area contributed by atoms with E-state index >= 15 is 0 Å². The number of anilines is 1. The smallest absolute Gasteiger partial charge is 0.280 e. The number of aromatic amines is 1. The number of carbonyl (C=O) groups is 1. The molecule has 3 unspecified atom stereocenters. The summed E-state index contributed by atoms with van der Waals surface area (Å²) in [6, 6.07) is 0. The lowest BCUT2D eigenvalue weighted by atomic mass is 10.1. The van der Waals surface area contributed by atoms with Crippen LogP contribution in [0, 0.1) is 0 Å². The van der Waals surface area contributed by atoms with Gasteiger partial charge in [0.1, 0.15) is 24.9 Å². The number of ether oxygens (including phenoxy) is 1. The van der Waals surface area contributed by atoms with Crippen molar-refractivity contribution in [2.24, 2.45) is 4.99 Å². The second-order valence-electron chi connectivity index (χ2n) is 6.87. The molecule has 0 aromatic carbocycles. The number of H-pyrrole nitrogens is 1. The maximum Gasteiger partial charge on any atom is 0.280 e. The Hall–Kier alpha value is -1.78. The number of nitrogens with zero attached hydrogens (tertiary/aromatic N) is 4. The lowest BCUT2D eigenvalue weighted by Gasteiger charge is -2.30. The molecule has 2 aliphatic rings. The average Bonchev–Trinajstić information content (AvgIpc) is 3.29. The van der Waals surface area contributed by atoms with Crippen LogP contribution in [0.4, 0.5) is 5.95 Å². The van der Waals surface area contributed by atoms with Crippen LogP contribution in [0.3, 0.4) is 0 Å². The molecule has 2 saturated heterocycles. The van der Waals surface area contributed by atoms with E-state index in [0.29, 0.717) is 17.5 Å². The van der Waals surface area contributed by atoms with E-state index in [4.69, 9.17) is 24.6 Å². The molecule has 17 heteroatoms. The highest BCUT2D eigenvalue weighted by atomic mass is 32.7. The van der Waals surface area contributed by atoms with E-state index in [1.807, 2.05) is 0 Å². The first-order valence-electron chi connectivity index (χ1n) is 9.69. The second-order valence-corrected chi connectivity index (χ2v) is 11.0. The Labute approximate surface area is 196 Å². The van der Waals surface area contributed by atoms with Gasteiger partial charge in [-0.25, -0.2) is 4.98 Å². The predicted molar refractivity (Wildman–Crippen MR) is 123 cm³/mol. The molecule has 0 saturated carbocycles. The molecule has 33 heavy (non-hydrogen) atoms. The number of hydrogen-bond acceptors (Lipinski definition) is 13. The fourth-order valence-electron chi connectivity index (χ4n) is 3.38. The number of hydrogen-bond donors (Lipinski definition) is 5. The predicted octanol–water partition coefficient (Wildman–Crippen LogP) is -0.806. The molecule has 6 N–H and O–H groups in total. The Bertz CT molecular complexity index is 1090. The summed E-state index contributed by atoms with van der Waals surface area (Å²) in [4.78, 5) is 38.5. The number of nitrogen functional groups attached to an aromatic ring is 1. The van der Waals surface area contributed by atoms with Crippen molar-refractivity contribution in [2.45, 2.75) is 29.7 Å². The SMILES string of the molecule is C=NCC(=O)NCCSc1nc2c(=O)[nH]c(N)nc2n1[C@@H]1OC2COP(SCO)O[C@H]2C1O. The number of fused-ring (bicyclic) bond motifs is 2. The van der Waals surface area contributed by atoms with Crippen LogP contribution in [0.5, 0.6) is 0 Å². The lowest BCUT2D eigenvalue weighted by molar-refractivity contribution is -0.119. The summed E-state index contributed by atoms with van der Waals surface area (Å²) < 4.78 is 18.9. The van der Waals surface area contributed by atoms with Crippen molar-refractivity contribution in [1.29, 1.82) is 0 Å². The molecular formula is C16H22N7O7PS2. The third kappa shape index (κ3) is 5.17. The molecule has 2 aliphatic heterocycles. The van der Waals surface area contributed by atoms with Crippen molar-refractivity contribution < 1.29 is 28.8 Å². The van der Waals surface area contributed by atoms with Crippen molar-refractivity contribution in [3.8, 4) is 0 Å². The minimum atomic E-state index is -1.43. The lowest BCUT2D eigenvalue weighted by Crippen LogP contribution is -2.38. The first-order chi connectivity index (χ1) is 15.9. The molecule has 5 atom stereocenters. The number of nitrogens with one attached hydrogen (secondary N) is 2. The highest BCUT2D eigenvalue weighted by Crippen LogP contribution is 2.57. The fourth-order valence-corrected chi connectivity index (χ4v) is 6.44. The first kappa shape index (κ1) is 24.3. The summed E-state index contributed by atoms with van der Waals surface area (Å²) in [5.41, 5.74) is 5.39. The number of aliphatic hydroxyl groups is 2. The topological polar surface area (TPSA) is 199 Å². The van der Waals surface area contributed by atoms with Gasteiger partial charge in [-0.05, 0) is 18.1 Å². The zero-order valence-corrected chi connectivity index (χ0v) is 19.6. The third-order valence-corrected chi connectivity index (χ3v) is 8.34. The molecule has 4 rings (SSSR count). The zero-order valence-electron chi connectivity index (χ0n) is 17.1. The first-order valence-corrected chi connectivity index (χ1v) is 13.4. The number of thioether (sulfide) groups is 1. The molecule has 4 heterocycles. The van der Waals surface area contributed by atoms with Crippen molar-refractivity contribution in [1.82, 2.24) is 24.8 Å². The molecule has 0 spiro atoms. The van der Waals surface area contributed by atoms with Crippen LogP contribution in [0.2, 0.25) is 0 Å². The molecule has 180 valence electrons. The van der Waals surface area contributed by atoms with E-state index in [1.54, 1.807) is 0 Å². The number of aliphatic hydroxyl groups excluding tert-OH is 2. The normalized spacial score (nSPS) is 26.9. The molecule has 0 radical (unpaired) electrons. The van der Waals surface area contributed by atoms with Crippen LogP contribution in [0.1, 0.15) is 6.23 Å². The molecule has 2 fully saturated rings. The number of amides is 1. The monoisotopic (exact) mass is 519 g/mol. The number of imidazole rings is 1. The van der Waals surface area contributed by atoms with E-state index in [2.05, 4.69) is 32.0 Å². The van der Waals surface area contributed by atoms with E-state index in [9.17, 15) is 14.7 Å². The number of aliphatic imine (C=N–C) groups is 1. The van der Waals surface area contributed by atoms with Gasteiger partial charge in [0.15, 0.2) is 22.5 Å². The van der Waals surface area contributed by atoms with E-state index < -0.39 is 37.7 Å². The summed E-state index contributed by atoms with van der Waals surface area (Å²) >= 11 is 2.34. The minimum absolute atomic E-state index is 0.0347. The molecule has 14 nitrogen and oxygen atoms in total. The van der Waals surface area contributed by atoms with Crippen LogP contribution in [-0.2, 0) is 18.6 Å². The summed E-state index contributed by atoms with van der Waals surface area (Å²) in [7, 11) is -1.43. The Morgan fingerprint density at radius 1 is 1.48 bits per heavy atom. The zero-order chi connectivity index (χ0) is 23.5. The van der Waals surface area contributed by atoms with Gasteiger partial charge in [0.05, 0.1) is 12.5 Å². The highest BCUT2D eigenvalue weighted by molar-refractivity contribution is 8.52. The maximum atomic E-state index is 12.4. The minimum Gasteiger partial charge on any atom is -0.386 e.